The molecule has 1 aromatic carbocycles. The van der Waals surface area contributed by atoms with Crippen LogP contribution in [0.3, 0.4) is 0 Å². The molecule has 4 heteroatoms. The van der Waals surface area contributed by atoms with Crippen molar-refractivity contribution in [3.05, 3.63) is 28.2 Å². The van der Waals surface area contributed by atoms with Crippen molar-refractivity contribution in [3.8, 4) is 0 Å². The van der Waals surface area contributed by atoms with Gasteiger partial charge in [-0.25, -0.2) is 0 Å². The number of nitrogens with one attached hydrogen (secondary N) is 1. The van der Waals surface area contributed by atoms with Gasteiger partial charge in [0, 0.05) is 15.7 Å². The Hall–Kier alpha value is -0.580. The fourth-order valence-corrected chi connectivity index (χ4v) is 2.57. The second-order valence-corrected chi connectivity index (χ2v) is 5.30. The summed E-state index contributed by atoms with van der Waals surface area (Å²) < 4.78 is 0.959. The van der Waals surface area contributed by atoms with Gasteiger partial charge in [0.25, 0.3) is 0 Å². The monoisotopic (exact) mass is 284 g/mol. The van der Waals surface area contributed by atoms with Gasteiger partial charge in [0.05, 0.1) is 6.10 Å². The summed E-state index contributed by atoms with van der Waals surface area (Å²) in [4.78, 5) is 0. The van der Waals surface area contributed by atoms with E-state index in [1.165, 1.54) is 0 Å². The fourth-order valence-electron chi connectivity index (χ4n) is 2.19. The van der Waals surface area contributed by atoms with Crippen LogP contribution >= 0.6 is 15.9 Å². The Morgan fingerprint density at radius 3 is 3.06 bits per heavy atom. The molecule has 0 saturated carbocycles. The zero-order valence-electron chi connectivity index (χ0n) is 9.12. The topological polar surface area (TPSA) is 58.3 Å². The van der Waals surface area contributed by atoms with E-state index in [9.17, 15) is 5.11 Å². The molecule has 1 fully saturated rings. The summed E-state index contributed by atoms with van der Waals surface area (Å²) in [5.41, 5.74) is 7.37. The third kappa shape index (κ3) is 2.75. The van der Waals surface area contributed by atoms with Gasteiger partial charge in [-0.3, -0.25) is 0 Å². The van der Waals surface area contributed by atoms with E-state index in [4.69, 9.17) is 5.73 Å². The Kier molecular flexibility index (Phi) is 3.84. The molecule has 3 nitrogen and oxygen atoms in total. The van der Waals surface area contributed by atoms with Crippen molar-refractivity contribution in [3.63, 3.8) is 0 Å². The van der Waals surface area contributed by atoms with Gasteiger partial charge in [0.2, 0.25) is 0 Å². The Balaban J connectivity index is 2.07. The number of nitrogen functional groups attached to an aromatic ring is 1. The van der Waals surface area contributed by atoms with Crippen molar-refractivity contribution in [1.82, 2.24) is 5.32 Å². The van der Waals surface area contributed by atoms with Crippen LogP contribution < -0.4 is 11.1 Å². The molecular formula is C12H17BrN2O. The Morgan fingerprint density at radius 1 is 1.56 bits per heavy atom. The number of hydrogen-bond donors (Lipinski definition) is 3. The number of benzene rings is 1. The number of aliphatic hydroxyl groups excluding tert-OH is 1. The molecule has 1 heterocycles. The second-order valence-electron chi connectivity index (χ2n) is 4.38. The zero-order valence-corrected chi connectivity index (χ0v) is 10.7. The molecule has 0 bridgehead atoms. The summed E-state index contributed by atoms with van der Waals surface area (Å²) in [6.45, 7) is 2.07. The zero-order chi connectivity index (χ0) is 11.5. The molecule has 2 rings (SSSR count). The molecular weight excluding hydrogens is 268 g/mol. The van der Waals surface area contributed by atoms with Gasteiger partial charge >= 0.3 is 0 Å². The van der Waals surface area contributed by atoms with Crippen LogP contribution in [0.25, 0.3) is 0 Å². The maximum atomic E-state index is 10.2. The van der Waals surface area contributed by atoms with Gasteiger partial charge < -0.3 is 16.2 Å². The van der Waals surface area contributed by atoms with Crippen LogP contribution in [0, 0.1) is 5.92 Å². The van der Waals surface area contributed by atoms with Gasteiger partial charge in [-0.15, -0.1) is 0 Å². The number of halogens is 1. The molecule has 0 radical (unpaired) electrons. The standard InChI is InChI=1S/C12H17BrN2O/c13-9-1-2-11(14)10(6-9)12(16)5-8-3-4-15-7-8/h1-2,6,8,12,15-16H,3-5,7,14H2. The quantitative estimate of drug-likeness (QED) is 0.745. The average molecular weight is 285 g/mol. The lowest BCUT2D eigenvalue weighted by atomic mass is 9.95. The molecule has 1 aromatic rings. The first-order chi connectivity index (χ1) is 7.66. The lowest BCUT2D eigenvalue weighted by molar-refractivity contribution is 0.148. The highest BCUT2D eigenvalue weighted by atomic mass is 79.9. The maximum Gasteiger partial charge on any atom is 0.0813 e. The molecule has 16 heavy (non-hydrogen) atoms. The number of anilines is 1. The molecule has 0 spiro atoms. The summed E-state index contributed by atoms with van der Waals surface area (Å²) in [7, 11) is 0. The molecule has 0 amide bonds. The first-order valence-electron chi connectivity index (χ1n) is 5.60. The molecule has 2 unspecified atom stereocenters. The first kappa shape index (κ1) is 11.9. The second kappa shape index (κ2) is 5.17. The van der Waals surface area contributed by atoms with E-state index in [-0.39, 0.29) is 0 Å². The van der Waals surface area contributed by atoms with Crippen molar-refractivity contribution in [1.29, 1.82) is 0 Å². The highest BCUT2D eigenvalue weighted by Crippen LogP contribution is 2.30. The van der Waals surface area contributed by atoms with E-state index in [1.807, 2.05) is 18.2 Å². The number of nitrogens with two attached hydrogens (primary N) is 1. The smallest absolute Gasteiger partial charge is 0.0813 e. The molecule has 0 aromatic heterocycles. The van der Waals surface area contributed by atoms with Crippen molar-refractivity contribution >= 4 is 21.6 Å². The van der Waals surface area contributed by atoms with Crippen LogP contribution in [0.15, 0.2) is 22.7 Å². The van der Waals surface area contributed by atoms with E-state index >= 15 is 0 Å². The Bertz CT molecular complexity index is 364. The molecule has 0 aliphatic carbocycles. The van der Waals surface area contributed by atoms with Crippen LogP contribution in [0.5, 0.6) is 0 Å². The van der Waals surface area contributed by atoms with E-state index in [1.54, 1.807) is 0 Å². The lowest BCUT2D eigenvalue weighted by Crippen LogP contribution is -2.12. The van der Waals surface area contributed by atoms with Gasteiger partial charge in [0.1, 0.15) is 0 Å². The fraction of sp³-hybridized carbons (Fsp3) is 0.500. The molecule has 1 saturated heterocycles. The minimum Gasteiger partial charge on any atom is -0.398 e. The van der Waals surface area contributed by atoms with Crippen molar-refractivity contribution in [2.75, 3.05) is 18.8 Å². The van der Waals surface area contributed by atoms with Crippen LogP contribution in [0.4, 0.5) is 5.69 Å². The summed E-state index contributed by atoms with van der Waals surface area (Å²) >= 11 is 3.40. The molecule has 88 valence electrons. The van der Waals surface area contributed by atoms with E-state index < -0.39 is 6.10 Å². The van der Waals surface area contributed by atoms with Gasteiger partial charge in [-0.05, 0) is 50.0 Å². The minimum absolute atomic E-state index is 0.456. The van der Waals surface area contributed by atoms with E-state index in [0.29, 0.717) is 11.6 Å². The third-order valence-corrected chi connectivity index (χ3v) is 3.62. The molecule has 1 aliphatic rings. The van der Waals surface area contributed by atoms with Crippen molar-refractivity contribution in [2.24, 2.45) is 5.92 Å². The third-order valence-electron chi connectivity index (χ3n) is 3.13. The Morgan fingerprint density at radius 2 is 2.38 bits per heavy atom. The molecule has 1 aliphatic heterocycles. The summed E-state index contributed by atoms with van der Waals surface area (Å²) in [6.07, 6.45) is 1.47. The van der Waals surface area contributed by atoms with Gasteiger partial charge in [0.15, 0.2) is 0 Å². The molecule has 4 N–H and O–H groups in total. The predicted octanol–water partition coefficient (Wildman–Crippen LogP) is 2.06. The van der Waals surface area contributed by atoms with E-state index in [2.05, 4.69) is 21.2 Å². The van der Waals surface area contributed by atoms with Crippen LogP contribution in [0.1, 0.15) is 24.5 Å². The molecule has 2 atom stereocenters. The number of aliphatic hydroxyl groups is 1. The highest BCUT2D eigenvalue weighted by Gasteiger charge is 2.20. The minimum atomic E-state index is -0.456. The van der Waals surface area contributed by atoms with Gasteiger partial charge in [-0.2, -0.15) is 0 Å². The summed E-state index contributed by atoms with van der Waals surface area (Å²) in [6, 6.07) is 5.63. The normalized spacial score (nSPS) is 22.2. The average Bonchev–Trinajstić information content (AvgIpc) is 2.74. The van der Waals surface area contributed by atoms with Crippen LogP contribution in [-0.2, 0) is 0 Å². The van der Waals surface area contributed by atoms with Crippen molar-refractivity contribution < 1.29 is 5.11 Å². The summed E-state index contributed by atoms with van der Waals surface area (Å²) in [5.74, 6) is 0.563. The number of hydrogen-bond acceptors (Lipinski definition) is 3. The largest absolute Gasteiger partial charge is 0.398 e. The predicted molar refractivity (Wildman–Crippen MR) is 69.1 cm³/mol. The lowest BCUT2D eigenvalue weighted by Gasteiger charge is -2.17. The Labute approximate surface area is 104 Å². The summed E-state index contributed by atoms with van der Waals surface area (Å²) in [5, 5.41) is 13.5. The van der Waals surface area contributed by atoms with Gasteiger partial charge in [-0.1, -0.05) is 15.9 Å². The maximum absolute atomic E-state index is 10.2. The highest BCUT2D eigenvalue weighted by molar-refractivity contribution is 9.10. The van der Waals surface area contributed by atoms with Crippen molar-refractivity contribution in [2.45, 2.75) is 18.9 Å². The first-order valence-corrected chi connectivity index (χ1v) is 6.40. The van der Waals surface area contributed by atoms with Crippen LogP contribution in [-0.4, -0.2) is 18.2 Å². The number of rotatable bonds is 3. The SMILES string of the molecule is Nc1ccc(Br)cc1C(O)CC1CCNC1. The van der Waals surface area contributed by atoms with E-state index in [0.717, 1.165) is 36.0 Å². The van der Waals surface area contributed by atoms with Crippen LogP contribution in [0.2, 0.25) is 0 Å².